The summed E-state index contributed by atoms with van der Waals surface area (Å²) in [5.41, 5.74) is 0.181. The third-order valence-corrected chi connectivity index (χ3v) is 3.50. The third-order valence-electron chi connectivity index (χ3n) is 3.50. The molecular weight excluding hydrogens is 252 g/mol. The van der Waals surface area contributed by atoms with E-state index in [-0.39, 0.29) is 5.41 Å². The van der Waals surface area contributed by atoms with Gasteiger partial charge < -0.3 is 15.2 Å². The highest BCUT2D eigenvalue weighted by molar-refractivity contribution is 5.94. The fourth-order valence-electron chi connectivity index (χ4n) is 2.04. The number of rotatable bonds is 7. The number of hydrogen-bond donors (Lipinski definition) is 3. The molecule has 0 unspecified atom stereocenters. The first-order chi connectivity index (χ1) is 8.97. The molecule has 3 amide bonds. The van der Waals surface area contributed by atoms with E-state index in [1.54, 1.807) is 0 Å². The first-order valence-corrected chi connectivity index (χ1v) is 6.35. The van der Waals surface area contributed by atoms with Gasteiger partial charge in [0.2, 0.25) is 0 Å². The first kappa shape index (κ1) is 15.4. The Morgan fingerprint density at radius 2 is 1.95 bits per heavy atom. The quantitative estimate of drug-likeness (QED) is 0.625. The predicted molar refractivity (Wildman–Crippen MR) is 66.6 cm³/mol. The molecule has 3 N–H and O–H groups in total. The van der Waals surface area contributed by atoms with E-state index in [0.29, 0.717) is 6.54 Å². The number of nitrogens with one attached hydrogen (secondary N) is 2. The molecule has 7 heteroatoms. The molecule has 0 radical (unpaired) electrons. The Bertz CT molecular complexity index is 347. The van der Waals surface area contributed by atoms with Crippen LogP contribution in [0.5, 0.6) is 0 Å². The zero-order valence-corrected chi connectivity index (χ0v) is 11.0. The lowest BCUT2D eigenvalue weighted by Crippen LogP contribution is -2.47. The Kier molecular flexibility index (Phi) is 5.75. The van der Waals surface area contributed by atoms with Crippen LogP contribution in [0.15, 0.2) is 0 Å². The van der Waals surface area contributed by atoms with Crippen molar-refractivity contribution >= 4 is 17.9 Å². The van der Waals surface area contributed by atoms with E-state index in [9.17, 15) is 14.4 Å². The fraction of sp³-hybridized carbons (Fsp3) is 0.750. The number of hydrogen-bond acceptors (Lipinski definition) is 4. The Morgan fingerprint density at radius 3 is 2.42 bits per heavy atom. The summed E-state index contributed by atoms with van der Waals surface area (Å²) < 4.78 is 4.57. The van der Waals surface area contributed by atoms with Crippen LogP contribution in [0.1, 0.15) is 32.6 Å². The van der Waals surface area contributed by atoms with Gasteiger partial charge in [-0.25, -0.2) is 9.59 Å². The zero-order chi connectivity index (χ0) is 14.3. The molecule has 1 aliphatic rings. The molecule has 0 aromatic rings. The van der Waals surface area contributed by atoms with E-state index in [4.69, 9.17) is 5.11 Å². The lowest BCUT2D eigenvalue weighted by atomic mass is 9.67. The minimum absolute atomic E-state index is 0.181. The predicted octanol–water partition coefficient (Wildman–Crippen LogP) is 0.494. The second-order valence-corrected chi connectivity index (χ2v) is 4.82. The number of carboxylic acids is 1. The summed E-state index contributed by atoms with van der Waals surface area (Å²) in [7, 11) is 0. The summed E-state index contributed by atoms with van der Waals surface area (Å²) in [6.45, 7) is 1.63. The molecule has 7 nitrogen and oxygen atoms in total. The monoisotopic (exact) mass is 272 g/mol. The van der Waals surface area contributed by atoms with E-state index in [0.717, 1.165) is 19.3 Å². The number of ether oxygens (including phenoxy) is 1. The molecular formula is C12H20N2O5. The molecule has 1 saturated carbocycles. The van der Waals surface area contributed by atoms with E-state index in [2.05, 4.69) is 22.3 Å². The van der Waals surface area contributed by atoms with Crippen LogP contribution in [0.25, 0.3) is 0 Å². The van der Waals surface area contributed by atoms with E-state index in [1.165, 1.54) is 6.42 Å². The minimum Gasteiger partial charge on any atom is -0.480 e. The second-order valence-electron chi connectivity index (χ2n) is 4.82. The molecule has 0 heterocycles. The number of imide groups is 1. The number of carboxylic acid groups (broad SMARTS) is 1. The normalized spacial score (nSPS) is 16.3. The summed E-state index contributed by atoms with van der Waals surface area (Å²) in [6, 6.07) is -0.566. The van der Waals surface area contributed by atoms with Crippen molar-refractivity contribution in [3.05, 3.63) is 0 Å². The maximum Gasteiger partial charge on any atom is 0.329 e. The highest BCUT2D eigenvalue weighted by atomic mass is 16.5. The third kappa shape index (κ3) is 5.25. The lowest BCUT2D eigenvalue weighted by molar-refractivity contribution is -0.143. The molecule has 0 aromatic heterocycles. The van der Waals surface area contributed by atoms with Gasteiger partial charge >= 0.3 is 12.0 Å². The Balaban J connectivity index is 2.16. The van der Waals surface area contributed by atoms with Crippen molar-refractivity contribution in [2.75, 3.05) is 19.8 Å². The van der Waals surface area contributed by atoms with Gasteiger partial charge in [-0.15, -0.1) is 0 Å². The summed E-state index contributed by atoms with van der Waals surface area (Å²) >= 11 is 0. The van der Waals surface area contributed by atoms with Gasteiger partial charge in [-0.1, -0.05) is 13.3 Å². The molecule has 1 rings (SSSR count). The average Bonchev–Trinajstić information content (AvgIpc) is 2.27. The summed E-state index contributed by atoms with van der Waals surface area (Å²) in [4.78, 5) is 32.8. The van der Waals surface area contributed by atoms with Crippen molar-refractivity contribution in [1.82, 2.24) is 10.6 Å². The van der Waals surface area contributed by atoms with Crippen LogP contribution in [0.4, 0.5) is 4.79 Å². The molecule has 1 aliphatic carbocycles. The molecule has 0 aliphatic heterocycles. The van der Waals surface area contributed by atoms with Crippen LogP contribution >= 0.6 is 0 Å². The number of amides is 3. The van der Waals surface area contributed by atoms with E-state index in [1.807, 2.05) is 0 Å². The lowest BCUT2D eigenvalue weighted by Gasteiger charge is -2.41. The molecule has 0 aromatic carbocycles. The highest BCUT2D eigenvalue weighted by Gasteiger charge is 2.35. The summed E-state index contributed by atoms with van der Waals surface area (Å²) in [5.74, 6) is -1.81. The molecule has 1 fully saturated rings. The maximum absolute atomic E-state index is 11.4. The van der Waals surface area contributed by atoms with Gasteiger partial charge in [0.25, 0.3) is 5.91 Å². The Morgan fingerprint density at radius 1 is 1.26 bits per heavy atom. The number of aliphatic carboxylic acids is 1. The van der Waals surface area contributed by atoms with Gasteiger partial charge in [-0.2, -0.15) is 0 Å². The first-order valence-electron chi connectivity index (χ1n) is 6.35. The second kappa shape index (κ2) is 7.08. The Hall–Kier alpha value is -1.63. The summed E-state index contributed by atoms with van der Waals surface area (Å²) in [6.07, 6.45) is 4.38. The molecule has 0 bridgehead atoms. The van der Waals surface area contributed by atoms with Gasteiger partial charge in [-0.05, 0) is 24.7 Å². The number of urea groups is 1. The maximum atomic E-state index is 11.4. The SMILES string of the molecule is CCC1(CNC(=O)NC(=O)COCC(=O)O)CCC1. The number of carbonyl (C=O) groups excluding carboxylic acids is 2. The van der Waals surface area contributed by atoms with Crippen molar-refractivity contribution in [3.8, 4) is 0 Å². The van der Waals surface area contributed by atoms with Crippen molar-refractivity contribution in [2.45, 2.75) is 32.6 Å². The molecule has 0 atom stereocenters. The van der Waals surface area contributed by atoms with Crippen LogP contribution in [0.2, 0.25) is 0 Å². The van der Waals surface area contributed by atoms with E-state index < -0.39 is 31.1 Å². The smallest absolute Gasteiger partial charge is 0.329 e. The van der Waals surface area contributed by atoms with Crippen molar-refractivity contribution in [1.29, 1.82) is 0 Å². The van der Waals surface area contributed by atoms with Crippen LogP contribution in [-0.2, 0) is 14.3 Å². The molecule has 0 saturated heterocycles. The molecule has 19 heavy (non-hydrogen) atoms. The minimum atomic E-state index is -1.16. The highest BCUT2D eigenvalue weighted by Crippen LogP contribution is 2.42. The fourth-order valence-corrected chi connectivity index (χ4v) is 2.04. The van der Waals surface area contributed by atoms with Gasteiger partial charge in [0.1, 0.15) is 13.2 Å². The van der Waals surface area contributed by atoms with Crippen LogP contribution in [0, 0.1) is 5.41 Å². The van der Waals surface area contributed by atoms with Crippen molar-refractivity contribution in [2.24, 2.45) is 5.41 Å². The standard InChI is InChI=1S/C12H20N2O5/c1-2-12(4-3-5-12)8-13-11(18)14-9(15)6-19-7-10(16)17/h2-8H2,1H3,(H,16,17)(H2,13,14,15,18). The van der Waals surface area contributed by atoms with Crippen molar-refractivity contribution in [3.63, 3.8) is 0 Å². The summed E-state index contributed by atoms with van der Waals surface area (Å²) in [5, 5.41) is 13.1. The average molecular weight is 272 g/mol. The van der Waals surface area contributed by atoms with Crippen LogP contribution in [0.3, 0.4) is 0 Å². The van der Waals surface area contributed by atoms with Crippen LogP contribution in [-0.4, -0.2) is 42.8 Å². The molecule has 0 spiro atoms. The topological polar surface area (TPSA) is 105 Å². The van der Waals surface area contributed by atoms with Crippen LogP contribution < -0.4 is 10.6 Å². The molecule has 108 valence electrons. The van der Waals surface area contributed by atoms with Gasteiger partial charge in [0.05, 0.1) is 0 Å². The number of carbonyl (C=O) groups is 3. The van der Waals surface area contributed by atoms with Gasteiger partial charge in [0, 0.05) is 6.54 Å². The van der Waals surface area contributed by atoms with E-state index >= 15 is 0 Å². The Labute approximate surface area is 111 Å². The largest absolute Gasteiger partial charge is 0.480 e. The van der Waals surface area contributed by atoms with Crippen molar-refractivity contribution < 1.29 is 24.2 Å². The van der Waals surface area contributed by atoms with Gasteiger partial charge in [-0.3, -0.25) is 10.1 Å². The zero-order valence-electron chi connectivity index (χ0n) is 11.0. The van der Waals surface area contributed by atoms with Gasteiger partial charge in [0.15, 0.2) is 0 Å².